The van der Waals surface area contributed by atoms with E-state index in [1.165, 1.54) is 12.8 Å². The van der Waals surface area contributed by atoms with Gasteiger partial charge in [0.05, 0.1) is 6.61 Å². The molecule has 5 heteroatoms. The minimum Gasteiger partial charge on any atom is -0.383 e. The first-order valence-electron chi connectivity index (χ1n) is 5.96. The highest BCUT2D eigenvalue weighted by atomic mass is 35.5. The van der Waals surface area contributed by atoms with Gasteiger partial charge in [0.1, 0.15) is 0 Å². The number of anilines is 1. The smallest absolute Gasteiger partial charge is 0.171 e. The van der Waals surface area contributed by atoms with Crippen molar-refractivity contribution in [3.05, 3.63) is 17.5 Å². The van der Waals surface area contributed by atoms with Gasteiger partial charge >= 0.3 is 0 Å². The van der Waals surface area contributed by atoms with Gasteiger partial charge in [-0.2, -0.15) is 0 Å². The van der Waals surface area contributed by atoms with Gasteiger partial charge in [-0.05, 0) is 25.7 Å². The monoisotopic (exact) mass is 255 g/mol. The number of hydrogen-bond acceptors (Lipinski definition) is 4. The molecule has 1 saturated carbocycles. The summed E-state index contributed by atoms with van der Waals surface area (Å²) in [6.07, 6.45) is 5.88. The van der Waals surface area contributed by atoms with E-state index in [1.807, 2.05) is 0 Å². The average molecular weight is 256 g/mol. The standard InChI is InChI=1S/C12H18ClN3O/c1-9(10-3-4-10)16(7-8-17-2)12-11(13)14-5-6-15-12/h5-6,9-10H,3-4,7-8H2,1-2H3. The summed E-state index contributed by atoms with van der Waals surface area (Å²) in [4.78, 5) is 10.6. The van der Waals surface area contributed by atoms with Crippen molar-refractivity contribution < 1.29 is 4.74 Å². The third-order valence-electron chi connectivity index (χ3n) is 3.24. The highest BCUT2D eigenvalue weighted by molar-refractivity contribution is 6.31. The molecule has 1 aliphatic rings. The van der Waals surface area contributed by atoms with Crippen molar-refractivity contribution in [1.82, 2.24) is 9.97 Å². The molecule has 1 heterocycles. The normalized spacial score (nSPS) is 16.9. The van der Waals surface area contributed by atoms with Gasteiger partial charge in [0.25, 0.3) is 0 Å². The topological polar surface area (TPSA) is 38.2 Å². The van der Waals surface area contributed by atoms with Crippen molar-refractivity contribution in [2.75, 3.05) is 25.2 Å². The predicted octanol–water partition coefficient (Wildman–Crippen LogP) is 2.38. The van der Waals surface area contributed by atoms with Crippen LogP contribution >= 0.6 is 11.6 Å². The van der Waals surface area contributed by atoms with Crippen LogP contribution in [0.2, 0.25) is 5.15 Å². The Morgan fingerprint density at radius 1 is 1.47 bits per heavy atom. The largest absolute Gasteiger partial charge is 0.383 e. The number of halogens is 1. The zero-order valence-electron chi connectivity index (χ0n) is 10.3. The number of hydrogen-bond donors (Lipinski definition) is 0. The van der Waals surface area contributed by atoms with E-state index in [4.69, 9.17) is 16.3 Å². The quantitative estimate of drug-likeness (QED) is 0.782. The first-order chi connectivity index (χ1) is 8.24. The summed E-state index contributed by atoms with van der Waals surface area (Å²) in [5.41, 5.74) is 0. The van der Waals surface area contributed by atoms with Gasteiger partial charge in [0.2, 0.25) is 0 Å². The summed E-state index contributed by atoms with van der Waals surface area (Å²) < 4.78 is 5.15. The first-order valence-corrected chi connectivity index (χ1v) is 6.34. The van der Waals surface area contributed by atoms with Crippen molar-refractivity contribution in [3.63, 3.8) is 0 Å². The summed E-state index contributed by atoms with van der Waals surface area (Å²) in [6.45, 7) is 3.69. The molecule has 0 spiro atoms. The maximum Gasteiger partial charge on any atom is 0.171 e. The van der Waals surface area contributed by atoms with Crippen LogP contribution in [0.5, 0.6) is 0 Å². The maximum atomic E-state index is 6.11. The van der Waals surface area contributed by atoms with E-state index in [0.29, 0.717) is 17.8 Å². The van der Waals surface area contributed by atoms with Crippen LogP contribution in [-0.2, 0) is 4.74 Å². The predicted molar refractivity (Wildman–Crippen MR) is 68.5 cm³/mol. The van der Waals surface area contributed by atoms with Gasteiger partial charge < -0.3 is 9.64 Å². The minimum absolute atomic E-state index is 0.444. The number of rotatable bonds is 6. The number of methoxy groups -OCH3 is 1. The van der Waals surface area contributed by atoms with Crippen molar-refractivity contribution in [3.8, 4) is 0 Å². The Kier molecular flexibility index (Phi) is 4.18. The Bertz CT molecular complexity index is 371. The Morgan fingerprint density at radius 3 is 2.76 bits per heavy atom. The molecule has 2 rings (SSSR count). The molecule has 94 valence electrons. The Morgan fingerprint density at radius 2 is 2.18 bits per heavy atom. The summed E-state index contributed by atoms with van der Waals surface area (Å²) >= 11 is 6.11. The lowest BCUT2D eigenvalue weighted by molar-refractivity contribution is 0.202. The molecular weight excluding hydrogens is 238 g/mol. The zero-order chi connectivity index (χ0) is 12.3. The van der Waals surface area contributed by atoms with E-state index in [0.717, 1.165) is 18.3 Å². The van der Waals surface area contributed by atoms with Crippen LogP contribution < -0.4 is 4.90 Å². The molecule has 0 bridgehead atoms. The van der Waals surface area contributed by atoms with Crippen molar-refractivity contribution in [2.24, 2.45) is 5.92 Å². The van der Waals surface area contributed by atoms with Crippen LogP contribution in [0, 0.1) is 5.92 Å². The molecule has 0 saturated heterocycles. The van der Waals surface area contributed by atoms with Gasteiger partial charge in [0, 0.05) is 32.1 Å². The third kappa shape index (κ3) is 3.07. The van der Waals surface area contributed by atoms with E-state index in [1.54, 1.807) is 19.5 Å². The second-order valence-corrected chi connectivity index (χ2v) is 4.79. The Hall–Kier alpha value is -0.870. The van der Waals surface area contributed by atoms with Gasteiger partial charge in [-0.25, -0.2) is 9.97 Å². The van der Waals surface area contributed by atoms with Crippen LogP contribution in [0.15, 0.2) is 12.4 Å². The molecule has 0 aliphatic heterocycles. The summed E-state index contributed by atoms with van der Waals surface area (Å²) in [5, 5.41) is 0.469. The Labute approximate surface area is 107 Å². The molecule has 1 atom stereocenters. The average Bonchev–Trinajstić information content (AvgIpc) is 3.15. The molecule has 1 aromatic rings. The fourth-order valence-electron chi connectivity index (χ4n) is 2.03. The van der Waals surface area contributed by atoms with Crippen LogP contribution in [0.3, 0.4) is 0 Å². The zero-order valence-corrected chi connectivity index (χ0v) is 11.0. The van der Waals surface area contributed by atoms with Gasteiger partial charge in [-0.15, -0.1) is 0 Å². The lowest BCUT2D eigenvalue weighted by Gasteiger charge is -2.30. The molecule has 1 aromatic heterocycles. The van der Waals surface area contributed by atoms with E-state index in [9.17, 15) is 0 Å². The highest BCUT2D eigenvalue weighted by Gasteiger charge is 2.33. The molecule has 0 amide bonds. The molecular formula is C12H18ClN3O. The summed E-state index contributed by atoms with van der Waals surface area (Å²) in [7, 11) is 1.71. The van der Waals surface area contributed by atoms with Crippen LogP contribution in [-0.4, -0.2) is 36.3 Å². The van der Waals surface area contributed by atoms with E-state index in [2.05, 4.69) is 21.8 Å². The molecule has 4 nitrogen and oxygen atoms in total. The van der Waals surface area contributed by atoms with Crippen molar-refractivity contribution >= 4 is 17.4 Å². The molecule has 1 unspecified atom stereocenters. The SMILES string of the molecule is COCCN(c1nccnc1Cl)C(C)C1CC1. The fraction of sp³-hybridized carbons (Fsp3) is 0.667. The fourth-order valence-corrected chi connectivity index (χ4v) is 2.25. The molecule has 0 aromatic carbocycles. The van der Waals surface area contributed by atoms with Crippen LogP contribution in [0.4, 0.5) is 5.82 Å². The minimum atomic E-state index is 0.444. The second-order valence-electron chi connectivity index (χ2n) is 4.43. The molecule has 0 N–H and O–H groups in total. The van der Waals surface area contributed by atoms with E-state index >= 15 is 0 Å². The van der Waals surface area contributed by atoms with Crippen LogP contribution in [0.25, 0.3) is 0 Å². The molecule has 1 aliphatic carbocycles. The lowest BCUT2D eigenvalue weighted by Crippen LogP contribution is -2.38. The lowest BCUT2D eigenvalue weighted by atomic mass is 10.2. The van der Waals surface area contributed by atoms with Crippen LogP contribution in [0.1, 0.15) is 19.8 Å². The summed E-state index contributed by atoms with van der Waals surface area (Å²) in [5.74, 6) is 1.52. The second kappa shape index (κ2) is 5.65. The number of nitrogens with zero attached hydrogens (tertiary/aromatic N) is 3. The van der Waals surface area contributed by atoms with E-state index in [-0.39, 0.29) is 0 Å². The summed E-state index contributed by atoms with van der Waals surface area (Å²) in [6, 6.07) is 0.444. The number of aromatic nitrogens is 2. The van der Waals surface area contributed by atoms with Gasteiger partial charge in [-0.1, -0.05) is 11.6 Å². The van der Waals surface area contributed by atoms with Crippen molar-refractivity contribution in [1.29, 1.82) is 0 Å². The van der Waals surface area contributed by atoms with Gasteiger partial charge in [0.15, 0.2) is 11.0 Å². The van der Waals surface area contributed by atoms with Crippen molar-refractivity contribution in [2.45, 2.75) is 25.8 Å². The highest BCUT2D eigenvalue weighted by Crippen LogP contribution is 2.37. The maximum absolute atomic E-state index is 6.11. The Balaban J connectivity index is 2.16. The number of ether oxygens (including phenoxy) is 1. The third-order valence-corrected chi connectivity index (χ3v) is 3.51. The molecule has 1 fully saturated rings. The first kappa shape index (κ1) is 12.6. The molecule has 0 radical (unpaired) electrons. The molecule has 17 heavy (non-hydrogen) atoms. The van der Waals surface area contributed by atoms with Gasteiger partial charge in [-0.3, -0.25) is 0 Å². The van der Waals surface area contributed by atoms with E-state index < -0.39 is 0 Å².